The molecule has 0 bridgehead atoms. The zero-order chi connectivity index (χ0) is 20.8. The van der Waals surface area contributed by atoms with Crippen molar-refractivity contribution in [2.75, 3.05) is 29.9 Å². The Balaban J connectivity index is 1.72. The molecule has 0 aromatic heterocycles. The smallest absolute Gasteiger partial charge is 0.271 e. The van der Waals surface area contributed by atoms with Gasteiger partial charge in [0.1, 0.15) is 5.75 Å². The first-order chi connectivity index (χ1) is 14.0. The summed E-state index contributed by atoms with van der Waals surface area (Å²) in [4.78, 5) is 37.1. The summed E-state index contributed by atoms with van der Waals surface area (Å²) in [7, 11) is 0. The van der Waals surface area contributed by atoms with Crippen LogP contribution in [0.2, 0.25) is 0 Å². The Morgan fingerprint density at radius 1 is 1.24 bits per heavy atom. The van der Waals surface area contributed by atoms with Gasteiger partial charge in [0, 0.05) is 24.4 Å². The number of amides is 2. The van der Waals surface area contributed by atoms with E-state index in [0.717, 1.165) is 6.42 Å². The lowest BCUT2D eigenvalue weighted by atomic mass is 10.1. The van der Waals surface area contributed by atoms with E-state index < -0.39 is 11.0 Å². The molecule has 2 amide bonds. The maximum Gasteiger partial charge on any atom is 0.271 e. The Bertz CT molecular complexity index is 917. The third kappa shape index (κ3) is 5.01. The van der Waals surface area contributed by atoms with E-state index in [1.54, 1.807) is 23.1 Å². The van der Waals surface area contributed by atoms with Crippen LogP contribution >= 0.6 is 0 Å². The third-order valence-corrected chi connectivity index (χ3v) is 4.38. The lowest BCUT2D eigenvalue weighted by molar-refractivity contribution is -0.384. The predicted molar refractivity (Wildman–Crippen MR) is 108 cm³/mol. The molecule has 1 atom stereocenters. The number of hydrogen-bond acceptors (Lipinski definition) is 6. The molecule has 0 unspecified atom stereocenters. The maximum atomic E-state index is 12.6. The number of para-hydroxylation sites is 2. The van der Waals surface area contributed by atoms with Gasteiger partial charge in [0.2, 0.25) is 5.91 Å². The summed E-state index contributed by atoms with van der Waals surface area (Å²) in [5.74, 6) is -0.0566. The van der Waals surface area contributed by atoms with Crippen LogP contribution in [0.3, 0.4) is 0 Å². The summed E-state index contributed by atoms with van der Waals surface area (Å²) >= 11 is 0. The second-order valence-electron chi connectivity index (χ2n) is 6.60. The molecule has 0 fully saturated rings. The van der Waals surface area contributed by atoms with E-state index in [9.17, 15) is 19.7 Å². The zero-order valence-electron chi connectivity index (χ0n) is 16.0. The number of nitro benzene ring substituents is 1. The van der Waals surface area contributed by atoms with Crippen LogP contribution in [-0.2, 0) is 9.59 Å². The molecule has 1 aliphatic rings. The van der Waals surface area contributed by atoms with Gasteiger partial charge < -0.3 is 20.3 Å². The number of ether oxygens (including phenoxy) is 1. The largest absolute Gasteiger partial charge is 0.477 e. The van der Waals surface area contributed by atoms with Crippen LogP contribution in [0.25, 0.3) is 0 Å². The Labute approximate surface area is 167 Å². The summed E-state index contributed by atoms with van der Waals surface area (Å²) in [5, 5.41) is 16.4. The van der Waals surface area contributed by atoms with Crippen LogP contribution in [0.5, 0.6) is 5.75 Å². The van der Waals surface area contributed by atoms with E-state index in [2.05, 4.69) is 10.6 Å². The fourth-order valence-corrected chi connectivity index (χ4v) is 3.03. The Kier molecular flexibility index (Phi) is 6.28. The molecule has 0 spiro atoms. The highest BCUT2D eigenvalue weighted by atomic mass is 16.6. The Morgan fingerprint density at radius 2 is 2.03 bits per heavy atom. The summed E-state index contributed by atoms with van der Waals surface area (Å²) in [6.45, 7) is 2.70. The van der Waals surface area contributed by atoms with E-state index in [1.807, 2.05) is 19.1 Å². The lowest BCUT2D eigenvalue weighted by Gasteiger charge is -2.35. The first-order valence-corrected chi connectivity index (χ1v) is 9.30. The van der Waals surface area contributed by atoms with E-state index >= 15 is 0 Å². The molecule has 9 nitrogen and oxygen atoms in total. The van der Waals surface area contributed by atoms with Gasteiger partial charge >= 0.3 is 0 Å². The first-order valence-electron chi connectivity index (χ1n) is 9.30. The van der Waals surface area contributed by atoms with Gasteiger partial charge in [0.15, 0.2) is 6.10 Å². The van der Waals surface area contributed by atoms with E-state index in [1.165, 1.54) is 18.2 Å². The van der Waals surface area contributed by atoms with Crippen molar-refractivity contribution in [3.05, 3.63) is 58.6 Å². The van der Waals surface area contributed by atoms with Crippen LogP contribution < -0.4 is 20.3 Å². The van der Waals surface area contributed by atoms with Crippen molar-refractivity contribution in [2.24, 2.45) is 0 Å². The molecule has 0 radical (unpaired) electrons. The highest BCUT2D eigenvalue weighted by Gasteiger charge is 2.31. The van der Waals surface area contributed by atoms with Crippen LogP contribution in [0.15, 0.2) is 48.5 Å². The quantitative estimate of drug-likeness (QED) is 0.547. The Hall–Kier alpha value is -3.62. The lowest BCUT2D eigenvalue weighted by Crippen LogP contribution is -2.50. The van der Waals surface area contributed by atoms with Gasteiger partial charge in [-0.2, -0.15) is 0 Å². The van der Waals surface area contributed by atoms with Gasteiger partial charge in [-0.15, -0.1) is 0 Å². The molecular weight excluding hydrogens is 376 g/mol. The SMILES string of the molecule is CCCNC(=O)[C@@H]1CN(CC(=O)Nc2cccc([N+](=O)[O-])c2)c2ccccc2O1. The van der Waals surface area contributed by atoms with Crippen molar-refractivity contribution in [1.82, 2.24) is 5.32 Å². The maximum absolute atomic E-state index is 12.6. The number of nitro groups is 1. The van der Waals surface area contributed by atoms with Crippen molar-refractivity contribution in [3.8, 4) is 5.75 Å². The van der Waals surface area contributed by atoms with Gasteiger partial charge in [-0.25, -0.2) is 0 Å². The topological polar surface area (TPSA) is 114 Å². The van der Waals surface area contributed by atoms with Crippen molar-refractivity contribution in [1.29, 1.82) is 0 Å². The fraction of sp³-hybridized carbons (Fsp3) is 0.300. The first kappa shape index (κ1) is 20.1. The normalized spacial score (nSPS) is 15.1. The minimum absolute atomic E-state index is 0.0272. The number of carbonyl (C=O) groups is 2. The minimum Gasteiger partial charge on any atom is -0.477 e. The van der Waals surface area contributed by atoms with Crippen LogP contribution in [-0.4, -0.2) is 42.5 Å². The van der Waals surface area contributed by atoms with Crippen molar-refractivity contribution < 1.29 is 19.2 Å². The molecule has 9 heteroatoms. The molecule has 2 N–H and O–H groups in total. The fourth-order valence-electron chi connectivity index (χ4n) is 3.03. The van der Waals surface area contributed by atoms with E-state index in [4.69, 9.17) is 4.74 Å². The second kappa shape index (κ2) is 9.05. The summed E-state index contributed by atoms with van der Waals surface area (Å²) in [6.07, 6.45) is 0.0757. The molecule has 0 saturated heterocycles. The average Bonchev–Trinajstić information content (AvgIpc) is 2.72. The number of fused-ring (bicyclic) bond motifs is 1. The number of non-ortho nitro benzene ring substituents is 1. The molecule has 29 heavy (non-hydrogen) atoms. The Morgan fingerprint density at radius 3 is 2.79 bits per heavy atom. The summed E-state index contributed by atoms with van der Waals surface area (Å²) < 4.78 is 5.80. The second-order valence-corrected chi connectivity index (χ2v) is 6.60. The molecule has 0 aliphatic carbocycles. The number of anilines is 2. The summed E-state index contributed by atoms with van der Waals surface area (Å²) in [6, 6.07) is 12.9. The molecule has 2 aromatic rings. The molecule has 152 valence electrons. The molecule has 3 rings (SSSR count). The van der Waals surface area contributed by atoms with Gasteiger partial charge in [0.25, 0.3) is 11.6 Å². The average molecular weight is 398 g/mol. The third-order valence-electron chi connectivity index (χ3n) is 4.38. The summed E-state index contributed by atoms with van der Waals surface area (Å²) in [5.41, 5.74) is 0.941. The number of nitrogens with zero attached hydrogens (tertiary/aromatic N) is 2. The monoisotopic (exact) mass is 398 g/mol. The van der Waals surface area contributed by atoms with Crippen molar-refractivity contribution in [2.45, 2.75) is 19.4 Å². The zero-order valence-corrected chi connectivity index (χ0v) is 16.0. The minimum atomic E-state index is -0.734. The van der Waals surface area contributed by atoms with Gasteiger partial charge in [-0.1, -0.05) is 25.1 Å². The molecular formula is C20H22N4O5. The number of hydrogen-bond donors (Lipinski definition) is 2. The van der Waals surface area contributed by atoms with E-state index in [-0.39, 0.29) is 30.6 Å². The van der Waals surface area contributed by atoms with Gasteiger partial charge in [-0.3, -0.25) is 19.7 Å². The number of carbonyl (C=O) groups excluding carboxylic acids is 2. The van der Waals surface area contributed by atoms with Crippen LogP contribution in [0, 0.1) is 10.1 Å². The standard InChI is InChI=1S/C20H22N4O5/c1-2-10-21-20(26)18-12-23(16-8-3-4-9-17(16)29-18)13-19(25)22-14-6-5-7-15(11-14)24(27)28/h3-9,11,18H,2,10,12-13H2,1H3,(H,21,26)(H,22,25)/t18-/m0/s1. The highest BCUT2D eigenvalue weighted by molar-refractivity contribution is 5.95. The highest BCUT2D eigenvalue weighted by Crippen LogP contribution is 2.33. The van der Waals surface area contributed by atoms with Crippen LogP contribution in [0.4, 0.5) is 17.1 Å². The molecule has 1 heterocycles. The predicted octanol–water partition coefficient (Wildman–Crippen LogP) is 2.33. The number of nitrogens with one attached hydrogen (secondary N) is 2. The van der Waals surface area contributed by atoms with E-state index in [0.29, 0.717) is 23.7 Å². The van der Waals surface area contributed by atoms with Crippen LogP contribution in [0.1, 0.15) is 13.3 Å². The van der Waals surface area contributed by atoms with Gasteiger partial charge in [-0.05, 0) is 24.6 Å². The molecule has 0 saturated carbocycles. The van der Waals surface area contributed by atoms with Gasteiger partial charge in [0.05, 0.1) is 23.7 Å². The van der Waals surface area contributed by atoms with Crippen molar-refractivity contribution in [3.63, 3.8) is 0 Å². The number of benzene rings is 2. The number of rotatable bonds is 7. The molecule has 1 aliphatic heterocycles. The molecule has 2 aromatic carbocycles. The van der Waals surface area contributed by atoms with Crippen molar-refractivity contribution >= 4 is 28.9 Å².